The second kappa shape index (κ2) is 22.4. The molecule has 0 aromatic rings. The molecular formula is C38H64O17. The van der Waals surface area contributed by atoms with Crippen molar-refractivity contribution in [2.75, 3.05) is 26.4 Å². The average molecular weight is 793 g/mol. The van der Waals surface area contributed by atoms with Gasteiger partial charge in [-0.15, -0.1) is 6.58 Å². The second-order valence-corrected chi connectivity index (χ2v) is 14.9. The van der Waals surface area contributed by atoms with Crippen LogP contribution in [0.4, 0.5) is 0 Å². The van der Waals surface area contributed by atoms with Crippen LogP contribution in [0.1, 0.15) is 66.2 Å². The summed E-state index contributed by atoms with van der Waals surface area (Å²) in [6, 6.07) is 0. The predicted octanol–water partition coefficient (Wildman–Crippen LogP) is -1.43. The topological polar surface area (TPSA) is 278 Å². The van der Waals surface area contributed by atoms with Gasteiger partial charge in [0.2, 0.25) is 0 Å². The zero-order valence-electron chi connectivity index (χ0n) is 32.1. The highest BCUT2D eigenvalue weighted by Crippen LogP contribution is 2.31. The molecule has 17 heteroatoms. The maximum absolute atomic E-state index is 10.8. The molecule has 17 nitrogen and oxygen atoms in total. The third kappa shape index (κ3) is 13.1. The number of hydrogen-bond acceptors (Lipinski definition) is 17. The molecule has 3 rings (SSSR count). The zero-order chi connectivity index (χ0) is 41.0. The smallest absolute Gasteiger partial charge is 0.187 e. The molecule has 3 aliphatic heterocycles. The van der Waals surface area contributed by atoms with Gasteiger partial charge in [-0.2, -0.15) is 0 Å². The molecule has 11 N–H and O–H groups in total. The van der Waals surface area contributed by atoms with Crippen LogP contribution in [0, 0.1) is 0 Å². The monoisotopic (exact) mass is 792 g/mol. The Morgan fingerprint density at radius 2 is 1.02 bits per heavy atom. The lowest BCUT2D eigenvalue weighted by Gasteiger charge is -2.45. The minimum absolute atomic E-state index is 0.0331. The van der Waals surface area contributed by atoms with Crippen molar-refractivity contribution in [2.45, 2.75) is 164 Å². The van der Waals surface area contributed by atoms with E-state index in [1.54, 1.807) is 13.0 Å². The first-order valence-corrected chi connectivity index (χ1v) is 18.8. The molecule has 0 radical (unpaired) electrons. The van der Waals surface area contributed by atoms with Gasteiger partial charge in [0.1, 0.15) is 73.2 Å². The number of ether oxygens (including phenoxy) is 6. The maximum Gasteiger partial charge on any atom is 0.187 e. The van der Waals surface area contributed by atoms with E-state index in [2.05, 4.69) is 18.7 Å². The van der Waals surface area contributed by atoms with Crippen molar-refractivity contribution in [3.05, 3.63) is 47.6 Å². The number of hydrogen-bond donors (Lipinski definition) is 11. The highest BCUT2D eigenvalue weighted by atomic mass is 16.8. The lowest BCUT2D eigenvalue weighted by Crippen LogP contribution is -2.64. The van der Waals surface area contributed by atoms with Crippen LogP contribution in [0.5, 0.6) is 0 Å². The first-order chi connectivity index (χ1) is 26.0. The molecule has 0 unspecified atom stereocenters. The summed E-state index contributed by atoms with van der Waals surface area (Å²) in [7, 11) is 0. The number of rotatable bonds is 20. The van der Waals surface area contributed by atoms with E-state index >= 15 is 0 Å². The van der Waals surface area contributed by atoms with E-state index in [0.717, 1.165) is 24.8 Å². The summed E-state index contributed by atoms with van der Waals surface area (Å²) in [5, 5.41) is 111. The van der Waals surface area contributed by atoms with Crippen LogP contribution in [0.2, 0.25) is 0 Å². The van der Waals surface area contributed by atoms with Gasteiger partial charge in [-0.05, 0) is 66.2 Å². The fourth-order valence-electron chi connectivity index (χ4n) is 6.48. The highest BCUT2D eigenvalue weighted by molar-refractivity contribution is 5.07. The summed E-state index contributed by atoms with van der Waals surface area (Å²) in [6.07, 6.45) is -9.81. The number of aliphatic hydroxyl groups excluding tert-OH is 11. The lowest BCUT2D eigenvalue weighted by molar-refractivity contribution is -0.366. The van der Waals surface area contributed by atoms with Crippen molar-refractivity contribution in [3.8, 4) is 0 Å². The van der Waals surface area contributed by atoms with Gasteiger partial charge in [0.25, 0.3) is 0 Å². The fourth-order valence-corrected chi connectivity index (χ4v) is 6.48. The minimum Gasteiger partial charge on any atom is -0.394 e. The Hall–Kier alpha value is -1.72. The van der Waals surface area contributed by atoms with Crippen LogP contribution in [0.3, 0.4) is 0 Å². The van der Waals surface area contributed by atoms with E-state index in [1.165, 1.54) is 11.1 Å². The van der Waals surface area contributed by atoms with Crippen LogP contribution in [0.25, 0.3) is 0 Å². The van der Waals surface area contributed by atoms with E-state index in [9.17, 15) is 56.2 Å². The van der Waals surface area contributed by atoms with Gasteiger partial charge in [-0.1, -0.05) is 41.0 Å². The van der Waals surface area contributed by atoms with Gasteiger partial charge < -0.3 is 84.6 Å². The Morgan fingerprint density at radius 1 is 0.582 bits per heavy atom. The van der Waals surface area contributed by atoms with Gasteiger partial charge in [-0.25, -0.2) is 0 Å². The molecular weight excluding hydrogens is 728 g/mol. The molecule has 3 fully saturated rings. The largest absolute Gasteiger partial charge is 0.394 e. The van der Waals surface area contributed by atoms with Crippen LogP contribution >= 0.6 is 0 Å². The Morgan fingerprint density at radius 3 is 1.53 bits per heavy atom. The minimum atomic E-state index is -1.76. The Kier molecular flexibility index (Phi) is 19.4. The Labute approximate surface area is 322 Å². The zero-order valence-corrected chi connectivity index (χ0v) is 32.1. The summed E-state index contributed by atoms with van der Waals surface area (Å²) < 4.78 is 34.1. The molecule has 0 saturated carbocycles. The molecule has 0 bridgehead atoms. The van der Waals surface area contributed by atoms with Gasteiger partial charge in [0.15, 0.2) is 18.9 Å². The summed E-state index contributed by atoms with van der Waals surface area (Å²) in [6.45, 7) is 9.72. The maximum atomic E-state index is 10.8. The van der Waals surface area contributed by atoms with Crippen molar-refractivity contribution in [3.63, 3.8) is 0 Å². The van der Waals surface area contributed by atoms with Crippen LogP contribution in [0.15, 0.2) is 47.6 Å². The molecule has 16 atom stereocenters. The van der Waals surface area contributed by atoms with E-state index in [4.69, 9.17) is 28.4 Å². The van der Waals surface area contributed by atoms with Crippen LogP contribution in [-0.2, 0) is 28.4 Å². The van der Waals surface area contributed by atoms with E-state index in [-0.39, 0.29) is 6.61 Å². The van der Waals surface area contributed by atoms with Crippen molar-refractivity contribution < 1.29 is 84.6 Å². The van der Waals surface area contributed by atoms with Crippen molar-refractivity contribution in [1.82, 2.24) is 0 Å². The van der Waals surface area contributed by atoms with E-state index in [1.807, 2.05) is 26.8 Å². The van der Waals surface area contributed by atoms with Gasteiger partial charge in [-0.3, -0.25) is 0 Å². The molecule has 3 heterocycles. The third-order valence-corrected chi connectivity index (χ3v) is 10.3. The SMILES string of the molecule is C=C[C@](C)(CC/C=C(\C)CC/C=C(\C)CC/C=C(/C)CO[C@@H]1O[C@H](CO)[C@@H](O)[C@H](O)[C@H]1O[C@@H]1O[C@H](CO)[C@@H](O)[C@H](O)[C@H]1O)O[C@@H]1O[C@H](CO)[C@@H](O)[C@H](O)[C@H]1O. The molecule has 0 spiro atoms. The first-order valence-electron chi connectivity index (χ1n) is 18.8. The molecule has 318 valence electrons. The molecule has 0 aromatic carbocycles. The van der Waals surface area contributed by atoms with Crippen LogP contribution in [-0.4, -0.2) is 180 Å². The van der Waals surface area contributed by atoms with Gasteiger partial charge in [0.05, 0.1) is 32.0 Å². The molecule has 0 amide bonds. The van der Waals surface area contributed by atoms with E-state index in [0.29, 0.717) is 19.3 Å². The standard InChI is InChI=1S/C38H64O17/c1-6-38(5,55-36-33(49)30(46)27(43)24(17-40)52-36)15-9-14-21(3)11-7-10-20(2)12-8-13-22(4)19-50-37-34(31(47)28(44)25(18-41)53-37)54-35-32(48)29(45)26(42)23(16-39)51-35/h6,10,13-14,23-37,39-49H,1,7-9,11-12,15-19H2,2-5H3/b20-10+,21-14+,22-13-/t23-,24-,25-,26-,27-,28-,29+,30+,31+,32-,33-,34-,35+,36+,37-,38-/m1/s1. The first kappa shape index (κ1) is 47.7. The van der Waals surface area contributed by atoms with Crippen molar-refractivity contribution >= 4 is 0 Å². The highest BCUT2D eigenvalue weighted by Gasteiger charge is 2.51. The molecule has 55 heavy (non-hydrogen) atoms. The van der Waals surface area contributed by atoms with E-state index < -0.39 is 118 Å². The lowest BCUT2D eigenvalue weighted by atomic mass is 9.96. The van der Waals surface area contributed by atoms with Crippen LogP contribution < -0.4 is 0 Å². The summed E-state index contributed by atoms with van der Waals surface area (Å²) in [5.74, 6) is 0. The fraction of sp³-hybridized carbons (Fsp3) is 0.789. The number of aliphatic hydroxyl groups is 11. The molecule has 0 aliphatic carbocycles. The Bertz CT molecular complexity index is 1260. The summed E-state index contributed by atoms with van der Waals surface area (Å²) in [5.41, 5.74) is 2.29. The molecule has 0 aromatic heterocycles. The summed E-state index contributed by atoms with van der Waals surface area (Å²) >= 11 is 0. The van der Waals surface area contributed by atoms with Gasteiger partial charge >= 0.3 is 0 Å². The molecule has 3 aliphatic rings. The second-order valence-electron chi connectivity index (χ2n) is 14.9. The average Bonchev–Trinajstić information content (AvgIpc) is 3.16. The number of allylic oxidation sites excluding steroid dienone is 5. The quantitative estimate of drug-likeness (QED) is 0.0631. The predicted molar refractivity (Wildman–Crippen MR) is 195 cm³/mol. The van der Waals surface area contributed by atoms with Crippen molar-refractivity contribution in [1.29, 1.82) is 0 Å². The normalized spacial score (nSPS) is 39.2. The van der Waals surface area contributed by atoms with Crippen molar-refractivity contribution in [2.24, 2.45) is 0 Å². The Balaban J connectivity index is 1.46. The van der Waals surface area contributed by atoms with Gasteiger partial charge in [0, 0.05) is 0 Å². The summed E-state index contributed by atoms with van der Waals surface area (Å²) in [4.78, 5) is 0. The third-order valence-electron chi connectivity index (χ3n) is 10.3. The molecule has 3 saturated heterocycles.